The molecule has 3 atom stereocenters. The highest BCUT2D eigenvalue weighted by Crippen LogP contribution is 2.62. The highest BCUT2D eigenvalue weighted by atomic mass is 16.1. The third-order valence-corrected chi connectivity index (χ3v) is 7.84. The minimum absolute atomic E-state index is 0.232. The number of nitrogens with zero attached hydrogens (tertiary/aromatic N) is 1. The Morgan fingerprint density at radius 3 is 2.10 bits per heavy atom. The Morgan fingerprint density at radius 2 is 1.57 bits per heavy atom. The average Bonchev–Trinajstić information content (AvgIpc) is 2.43. The van der Waals surface area contributed by atoms with Crippen molar-refractivity contribution < 1.29 is 4.79 Å². The molecule has 0 aromatic carbocycles. The van der Waals surface area contributed by atoms with Crippen LogP contribution in [-0.4, -0.2) is 29.3 Å². The second-order valence-electron chi connectivity index (χ2n) is 8.94. The van der Waals surface area contributed by atoms with Gasteiger partial charge in [0.2, 0.25) is 0 Å². The van der Waals surface area contributed by atoms with E-state index in [2.05, 4.69) is 25.7 Å². The van der Waals surface area contributed by atoms with Gasteiger partial charge in [0, 0.05) is 31.0 Å². The first-order chi connectivity index (χ1) is 9.98. The van der Waals surface area contributed by atoms with Crippen molar-refractivity contribution in [2.24, 2.45) is 29.1 Å². The van der Waals surface area contributed by atoms with Gasteiger partial charge in [0.05, 0.1) is 0 Å². The summed E-state index contributed by atoms with van der Waals surface area (Å²) in [6.45, 7) is 7.93. The molecule has 4 saturated carbocycles. The summed E-state index contributed by atoms with van der Waals surface area (Å²) in [5.74, 6) is 3.79. The molecular weight excluding hydrogens is 258 g/mol. The quantitative estimate of drug-likeness (QED) is 0.768. The molecule has 0 N–H and O–H groups in total. The molecule has 1 aliphatic heterocycles. The van der Waals surface area contributed by atoms with Gasteiger partial charge in [-0.1, -0.05) is 6.92 Å². The fraction of sp³-hybridized carbons (Fsp3) is 0.947. The van der Waals surface area contributed by atoms with Crippen LogP contribution in [0.2, 0.25) is 0 Å². The zero-order valence-electron chi connectivity index (χ0n) is 14.0. The molecule has 21 heavy (non-hydrogen) atoms. The monoisotopic (exact) mass is 289 g/mol. The first kappa shape index (κ1) is 14.2. The standard InChI is InChI=1S/C19H31NO/c1-12-13(2)20(5-4-18(12)21)14(3)19-9-15-6-16(10-19)8-17(7-15)11-19/h12-17H,4-11H2,1-3H3. The van der Waals surface area contributed by atoms with Crippen LogP contribution in [0.25, 0.3) is 0 Å². The molecule has 5 aliphatic rings. The topological polar surface area (TPSA) is 20.3 Å². The molecule has 0 spiro atoms. The Balaban J connectivity index is 1.57. The SMILES string of the molecule is CC1C(=O)CCN(C(C)C23CC4CC(CC(C4)C2)C3)C1C. The summed E-state index contributed by atoms with van der Waals surface area (Å²) in [6, 6.07) is 1.12. The van der Waals surface area contributed by atoms with Crippen molar-refractivity contribution in [3.05, 3.63) is 0 Å². The molecule has 1 heterocycles. The van der Waals surface area contributed by atoms with Gasteiger partial charge in [0.1, 0.15) is 5.78 Å². The Bertz CT molecular complexity index is 408. The van der Waals surface area contributed by atoms with E-state index in [4.69, 9.17) is 0 Å². The minimum atomic E-state index is 0.232. The van der Waals surface area contributed by atoms with Crippen molar-refractivity contribution in [1.82, 2.24) is 4.90 Å². The van der Waals surface area contributed by atoms with Gasteiger partial charge in [-0.25, -0.2) is 0 Å². The number of rotatable bonds is 2. The van der Waals surface area contributed by atoms with E-state index in [0.29, 0.717) is 23.3 Å². The maximum Gasteiger partial charge on any atom is 0.138 e. The van der Waals surface area contributed by atoms with Crippen molar-refractivity contribution in [2.45, 2.75) is 77.8 Å². The summed E-state index contributed by atoms with van der Waals surface area (Å²) < 4.78 is 0. The Hall–Kier alpha value is -0.370. The maximum atomic E-state index is 12.0. The first-order valence-electron chi connectivity index (χ1n) is 9.27. The van der Waals surface area contributed by atoms with E-state index in [9.17, 15) is 4.79 Å². The molecule has 2 heteroatoms. The largest absolute Gasteiger partial charge is 0.299 e. The molecule has 4 aliphatic carbocycles. The molecule has 118 valence electrons. The van der Waals surface area contributed by atoms with Crippen LogP contribution in [0.4, 0.5) is 0 Å². The van der Waals surface area contributed by atoms with Gasteiger partial charge in [-0.3, -0.25) is 9.69 Å². The third kappa shape index (κ3) is 2.12. The van der Waals surface area contributed by atoms with E-state index in [0.717, 1.165) is 30.7 Å². The number of ketones is 1. The van der Waals surface area contributed by atoms with Crippen molar-refractivity contribution in [2.75, 3.05) is 6.54 Å². The van der Waals surface area contributed by atoms with Crippen LogP contribution in [0.15, 0.2) is 0 Å². The lowest BCUT2D eigenvalue weighted by Gasteiger charge is -2.61. The van der Waals surface area contributed by atoms with E-state index < -0.39 is 0 Å². The summed E-state index contributed by atoms with van der Waals surface area (Å²) >= 11 is 0. The number of Topliss-reactive ketones (excluding diaryl/α,β-unsaturated/α-hetero) is 1. The second-order valence-corrected chi connectivity index (χ2v) is 8.94. The van der Waals surface area contributed by atoms with Crippen LogP contribution >= 0.6 is 0 Å². The second kappa shape index (κ2) is 4.81. The van der Waals surface area contributed by atoms with E-state index >= 15 is 0 Å². The number of carbonyl (C=O) groups is 1. The smallest absolute Gasteiger partial charge is 0.138 e. The molecule has 0 radical (unpaired) electrons. The fourth-order valence-electron chi connectivity index (χ4n) is 6.81. The summed E-state index contributed by atoms with van der Waals surface area (Å²) in [7, 11) is 0. The van der Waals surface area contributed by atoms with E-state index in [1.807, 2.05) is 0 Å². The summed E-state index contributed by atoms with van der Waals surface area (Å²) in [5, 5.41) is 0. The maximum absolute atomic E-state index is 12.0. The predicted molar refractivity (Wildman–Crippen MR) is 85.0 cm³/mol. The zero-order chi connectivity index (χ0) is 14.8. The number of hydrogen-bond donors (Lipinski definition) is 0. The predicted octanol–water partition coefficient (Wildman–Crippen LogP) is 3.89. The molecule has 0 amide bonds. The van der Waals surface area contributed by atoms with Crippen LogP contribution in [0, 0.1) is 29.1 Å². The summed E-state index contributed by atoms with van der Waals surface area (Å²) in [5.41, 5.74) is 0.586. The highest BCUT2D eigenvalue weighted by Gasteiger charge is 2.55. The van der Waals surface area contributed by atoms with Gasteiger partial charge in [0.15, 0.2) is 0 Å². The molecule has 3 unspecified atom stereocenters. The molecule has 5 fully saturated rings. The van der Waals surface area contributed by atoms with Crippen molar-refractivity contribution in [1.29, 1.82) is 0 Å². The van der Waals surface area contributed by atoms with Gasteiger partial charge in [0.25, 0.3) is 0 Å². The van der Waals surface area contributed by atoms with Crippen molar-refractivity contribution in [3.63, 3.8) is 0 Å². The van der Waals surface area contributed by atoms with Crippen LogP contribution in [0.3, 0.4) is 0 Å². The van der Waals surface area contributed by atoms with Gasteiger partial charge in [-0.15, -0.1) is 0 Å². The zero-order valence-corrected chi connectivity index (χ0v) is 14.0. The van der Waals surface area contributed by atoms with Crippen LogP contribution in [-0.2, 0) is 4.79 Å². The molecule has 0 aromatic heterocycles. The lowest BCUT2D eigenvalue weighted by Crippen LogP contribution is -2.60. The minimum Gasteiger partial charge on any atom is -0.299 e. The number of carbonyl (C=O) groups excluding carboxylic acids is 1. The molecule has 2 nitrogen and oxygen atoms in total. The van der Waals surface area contributed by atoms with E-state index in [1.54, 1.807) is 0 Å². The van der Waals surface area contributed by atoms with Gasteiger partial charge >= 0.3 is 0 Å². The van der Waals surface area contributed by atoms with Gasteiger partial charge in [-0.2, -0.15) is 0 Å². The van der Waals surface area contributed by atoms with Crippen molar-refractivity contribution >= 4 is 5.78 Å². The Labute approximate surface area is 129 Å². The number of likely N-dealkylation sites (tertiary alicyclic amines) is 1. The Kier molecular flexibility index (Phi) is 3.26. The van der Waals surface area contributed by atoms with Crippen LogP contribution in [0.5, 0.6) is 0 Å². The normalized spacial score (nSPS) is 51.4. The third-order valence-electron chi connectivity index (χ3n) is 7.84. The molecule has 1 saturated heterocycles. The fourth-order valence-corrected chi connectivity index (χ4v) is 6.81. The average molecular weight is 289 g/mol. The van der Waals surface area contributed by atoms with Crippen LogP contribution in [0.1, 0.15) is 65.7 Å². The molecule has 0 aromatic rings. The number of hydrogen-bond acceptors (Lipinski definition) is 2. The number of piperidine rings is 1. The van der Waals surface area contributed by atoms with Gasteiger partial charge in [-0.05, 0) is 75.5 Å². The lowest BCUT2D eigenvalue weighted by molar-refractivity contribution is -0.137. The lowest BCUT2D eigenvalue weighted by atomic mass is 9.47. The van der Waals surface area contributed by atoms with Crippen LogP contribution < -0.4 is 0 Å². The Morgan fingerprint density at radius 1 is 1.05 bits per heavy atom. The molecule has 4 bridgehead atoms. The van der Waals surface area contributed by atoms with Gasteiger partial charge < -0.3 is 0 Å². The summed E-state index contributed by atoms with van der Waals surface area (Å²) in [4.78, 5) is 14.7. The summed E-state index contributed by atoms with van der Waals surface area (Å²) in [6.07, 6.45) is 9.79. The molecule has 5 rings (SSSR count). The molecular formula is C19H31NO. The highest BCUT2D eigenvalue weighted by molar-refractivity contribution is 5.82. The van der Waals surface area contributed by atoms with E-state index in [-0.39, 0.29) is 5.92 Å². The van der Waals surface area contributed by atoms with Crippen molar-refractivity contribution in [3.8, 4) is 0 Å². The van der Waals surface area contributed by atoms with E-state index in [1.165, 1.54) is 38.5 Å². The first-order valence-corrected chi connectivity index (χ1v) is 9.27.